The second kappa shape index (κ2) is 5.81. The molecule has 4 nitrogen and oxygen atoms in total. The van der Waals surface area contributed by atoms with Crippen LogP contribution in [0.2, 0.25) is 0 Å². The van der Waals surface area contributed by atoms with E-state index in [-0.39, 0.29) is 6.03 Å². The molecule has 1 aliphatic heterocycles. The van der Waals surface area contributed by atoms with Gasteiger partial charge in [-0.25, -0.2) is 4.79 Å². The monoisotopic (exact) mass is 263 g/mol. The number of carbonyl (C=O) groups is 1. The van der Waals surface area contributed by atoms with Crippen molar-refractivity contribution in [3.63, 3.8) is 0 Å². The minimum Gasteiger partial charge on any atom is -0.325 e. The highest BCUT2D eigenvalue weighted by Gasteiger charge is 2.37. The van der Waals surface area contributed by atoms with Crippen molar-refractivity contribution in [3.8, 4) is 6.07 Å². The first-order chi connectivity index (χ1) is 9.04. The first-order valence-corrected chi connectivity index (χ1v) is 7.53. The largest absolute Gasteiger partial charge is 0.325 e. The fraction of sp³-hybridized carbons (Fsp3) is 0.867. The number of piperidine rings is 1. The molecule has 0 radical (unpaired) electrons. The summed E-state index contributed by atoms with van der Waals surface area (Å²) in [5.41, 5.74) is -0.618. The maximum Gasteiger partial charge on any atom is 0.318 e. The number of hydrogen-bond acceptors (Lipinski definition) is 2. The first kappa shape index (κ1) is 14.2. The molecule has 0 atom stereocenters. The molecule has 2 fully saturated rings. The Bertz CT molecular complexity index is 358. The fourth-order valence-corrected chi connectivity index (χ4v) is 3.02. The van der Waals surface area contributed by atoms with Crippen molar-refractivity contribution >= 4 is 6.03 Å². The molecule has 4 heteroatoms. The van der Waals surface area contributed by atoms with Crippen LogP contribution < -0.4 is 5.32 Å². The number of nitrogens with one attached hydrogen (secondary N) is 1. The maximum atomic E-state index is 12.3. The average molecular weight is 263 g/mol. The van der Waals surface area contributed by atoms with E-state index in [0.29, 0.717) is 11.8 Å². The Kier molecular flexibility index (Phi) is 4.34. The number of likely N-dealkylation sites (tertiary alicyclic amines) is 1. The molecule has 19 heavy (non-hydrogen) atoms. The Morgan fingerprint density at radius 1 is 1.16 bits per heavy atom. The van der Waals surface area contributed by atoms with Gasteiger partial charge in [-0.1, -0.05) is 13.8 Å². The van der Waals surface area contributed by atoms with Crippen LogP contribution in [0, 0.1) is 23.2 Å². The molecule has 2 aliphatic rings. The number of nitrogens with zero attached hydrogens (tertiary/aromatic N) is 2. The van der Waals surface area contributed by atoms with Crippen LogP contribution >= 0.6 is 0 Å². The molecule has 1 aliphatic carbocycles. The van der Waals surface area contributed by atoms with Crippen LogP contribution in [0.1, 0.15) is 52.4 Å². The van der Waals surface area contributed by atoms with Crippen molar-refractivity contribution in [1.82, 2.24) is 10.2 Å². The standard InChI is InChI=1S/C15H25N3O/c1-12-3-7-15(11-16,8-4-12)17-14(19)18-9-5-13(2)6-10-18/h12-13H,3-10H2,1-2H3,(H,17,19). The third-order valence-corrected chi connectivity index (χ3v) is 4.76. The third kappa shape index (κ3) is 3.40. The maximum absolute atomic E-state index is 12.3. The van der Waals surface area contributed by atoms with E-state index in [1.807, 2.05) is 4.90 Å². The van der Waals surface area contributed by atoms with Gasteiger partial charge in [0.25, 0.3) is 0 Å². The topological polar surface area (TPSA) is 56.1 Å². The minimum absolute atomic E-state index is 0.0389. The van der Waals surface area contributed by atoms with Crippen LogP contribution in [0.3, 0.4) is 0 Å². The quantitative estimate of drug-likeness (QED) is 0.791. The summed E-state index contributed by atoms with van der Waals surface area (Å²) < 4.78 is 0. The number of amides is 2. The zero-order valence-electron chi connectivity index (χ0n) is 12.1. The van der Waals surface area contributed by atoms with E-state index in [1.165, 1.54) is 0 Å². The van der Waals surface area contributed by atoms with Crippen LogP contribution in [0.4, 0.5) is 4.79 Å². The lowest BCUT2D eigenvalue weighted by Gasteiger charge is -2.37. The second-order valence-corrected chi connectivity index (χ2v) is 6.48. The Balaban J connectivity index is 1.91. The number of nitriles is 1. The van der Waals surface area contributed by atoms with E-state index in [4.69, 9.17) is 0 Å². The molecular weight excluding hydrogens is 238 g/mol. The predicted molar refractivity (Wildman–Crippen MR) is 74.5 cm³/mol. The van der Waals surface area contributed by atoms with Gasteiger partial charge < -0.3 is 10.2 Å². The Labute approximate surface area is 116 Å². The summed E-state index contributed by atoms with van der Waals surface area (Å²) in [6.07, 6.45) is 5.80. The number of carbonyl (C=O) groups excluding carboxylic acids is 1. The van der Waals surface area contributed by atoms with E-state index in [2.05, 4.69) is 25.2 Å². The number of rotatable bonds is 1. The highest BCUT2D eigenvalue weighted by atomic mass is 16.2. The summed E-state index contributed by atoms with van der Waals surface area (Å²) >= 11 is 0. The van der Waals surface area contributed by atoms with Crippen LogP contribution in [-0.2, 0) is 0 Å². The van der Waals surface area contributed by atoms with Gasteiger partial charge in [0.2, 0.25) is 0 Å². The van der Waals surface area contributed by atoms with Crippen LogP contribution in [0.25, 0.3) is 0 Å². The highest BCUT2D eigenvalue weighted by molar-refractivity contribution is 5.75. The zero-order valence-corrected chi connectivity index (χ0v) is 12.1. The van der Waals surface area contributed by atoms with E-state index in [1.54, 1.807) is 0 Å². The molecule has 0 aromatic rings. The molecular formula is C15H25N3O. The Morgan fingerprint density at radius 2 is 1.68 bits per heavy atom. The lowest BCUT2D eigenvalue weighted by Crippen LogP contribution is -2.55. The van der Waals surface area contributed by atoms with Crippen LogP contribution in [-0.4, -0.2) is 29.6 Å². The van der Waals surface area contributed by atoms with Gasteiger partial charge in [-0.3, -0.25) is 0 Å². The van der Waals surface area contributed by atoms with Gasteiger partial charge in [-0.15, -0.1) is 0 Å². The lowest BCUT2D eigenvalue weighted by molar-refractivity contribution is 0.157. The van der Waals surface area contributed by atoms with Crippen molar-refractivity contribution in [2.24, 2.45) is 11.8 Å². The molecule has 0 unspecified atom stereocenters. The van der Waals surface area contributed by atoms with E-state index in [9.17, 15) is 10.1 Å². The molecule has 2 amide bonds. The lowest BCUT2D eigenvalue weighted by atomic mass is 9.78. The smallest absolute Gasteiger partial charge is 0.318 e. The molecule has 0 aromatic carbocycles. The minimum atomic E-state index is -0.618. The van der Waals surface area contributed by atoms with Crippen LogP contribution in [0.5, 0.6) is 0 Å². The molecule has 1 saturated heterocycles. The normalized spacial score (nSPS) is 32.7. The molecule has 0 aromatic heterocycles. The summed E-state index contributed by atoms with van der Waals surface area (Å²) in [4.78, 5) is 14.2. The Hall–Kier alpha value is -1.24. The molecule has 106 valence electrons. The SMILES string of the molecule is CC1CCN(C(=O)NC2(C#N)CCC(C)CC2)CC1. The first-order valence-electron chi connectivity index (χ1n) is 7.53. The predicted octanol–water partition coefficient (Wildman–Crippen LogP) is 2.90. The van der Waals surface area contributed by atoms with Crippen molar-refractivity contribution in [3.05, 3.63) is 0 Å². The van der Waals surface area contributed by atoms with Gasteiger partial charge in [0.05, 0.1) is 6.07 Å². The Morgan fingerprint density at radius 3 is 2.21 bits per heavy atom. The van der Waals surface area contributed by atoms with Gasteiger partial charge in [-0.2, -0.15) is 5.26 Å². The van der Waals surface area contributed by atoms with Crippen molar-refractivity contribution < 1.29 is 4.79 Å². The van der Waals surface area contributed by atoms with Crippen molar-refractivity contribution in [1.29, 1.82) is 5.26 Å². The van der Waals surface area contributed by atoms with E-state index < -0.39 is 5.54 Å². The van der Waals surface area contributed by atoms with Crippen LogP contribution in [0.15, 0.2) is 0 Å². The van der Waals surface area contributed by atoms with Gasteiger partial charge in [0.1, 0.15) is 5.54 Å². The summed E-state index contributed by atoms with van der Waals surface area (Å²) in [7, 11) is 0. The fourth-order valence-electron chi connectivity index (χ4n) is 3.02. The van der Waals surface area contributed by atoms with E-state index in [0.717, 1.165) is 51.6 Å². The molecule has 2 rings (SSSR count). The van der Waals surface area contributed by atoms with Gasteiger partial charge in [0.15, 0.2) is 0 Å². The van der Waals surface area contributed by atoms with Crippen molar-refractivity contribution in [2.45, 2.75) is 57.9 Å². The second-order valence-electron chi connectivity index (χ2n) is 6.48. The third-order valence-electron chi connectivity index (χ3n) is 4.76. The summed E-state index contributed by atoms with van der Waals surface area (Å²) in [6, 6.07) is 2.32. The highest BCUT2D eigenvalue weighted by Crippen LogP contribution is 2.31. The molecule has 1 heterocycles. The van der Waals surface area contributed by atoms with Gasteiger partial charge in [-0.05, 0) is 50.4 Å². The van der Waals surface area contributed by atoms with Gasteiger partial charge >= 0.3 is 6.03 Å². The molecule has 0 bridgehead atoms. The zero-order chi connectivity index (χ0) is 13.9. The van der Waals surface area contributed by atoms with E-state index >= 15 is 0 Å². The molecule has 1 N–H and O–H groups in total. The van der Waals surface area contributed by atoms with Gasteiger partial charge in [0, 0.05) is 13.1 Å². The summed E-state index contributed by atoms with van der Waals surface area (Å²) in [5, 5.41) is 12.4. The average Bonchev–Trinajstić information content (AvgIpc) is 2.42. The summed E-state index contributed by atoms with van der Waals surface area (Å²) in [6.45, 7) is 6.10. The summed E-state index contributed by atoms with van der Waals surface area (Å²) in [5.74, 6) is 1.39. The van der Waals surface area contributed by atoms with Crippen molar-refractivity contribution in [2.75, 3.05) is 13.1 Å². The number of hydrogen-bond donors (Lipinski definition) is 1. The molecule has 0 spiro atoms. The number of urea groups is 1. The molecule has 1 saturated carbocycles.